The van der Waals surface area contributed by atoms with Crippen molar-refractivity contribution in [1.29, 1.82) is 0 Å². The van der Waals surface area contributed by atoms with Gasteiger partial charge in [0.15, 0.2) is 5.58 Å². The van der Waals surface area contributed by atoms with Crippen LogP contribution in [0.2, 0.25) is 0 Å². The van der Waals surface area contributed by atoms with Crippen LogP contribution in [0.3, 0.4) is 0 Å². The highest BCUT2D eigenvalue weighted by molar-refractivity contribution is 5.77. The van der Waals surface area contributed by atoms with Crippen LogP contribution in [0.25, 0.3) is 22.6 Å². The first-order valence-corrected chi connectivity index (χ1v) is 7.43. The molecule has 0 radical (unpaired) electrons. The van der Waals surface area contributed by atoms with Crippen molar-refractivity contribution in [3.8, 4) is 11.5 Å². The molecule has 1 aromatic heterocycles. The van der Waals surface area contributed by atoms with E-state index in [0.717, 1.165) is 16.7 Å². The minimum atomic E-state index is 0.548. The van der Waals surface area contributed by atoms with E-state index in [4.69, 9.17) is 10.2 Å². The van der Waals surface area contributed by atoms with Crippen LogP contribution in [-0.4, -0.2) is 4.98 Å². The van der Waals surface area contributed by atoms with E-state index in [1.807, 2.05) is 30.3 Å². The van der Waals surface area contributed by atoms with Gasteiger partial charge in [0.25, 0.3) is 0 Å². The Morgan fingerprint density at radius 2 is 2.05 bits per heavy atom. The Bertz CT molecular complexity index is 761. The van der Waals surface area contributed by atoms with Gasteiger partial charge in [-0.05, 0) is 48.2 Å². The molecule has 0 unspecified atom stereocenters. The van der Waals surface area contributed by atoms with Crippen molar-refractivity contribution in [2.24, 2.45) is 0 Å². The monoisotopic (exact) mass is 280 g/mol. The molecular weight excluding hydrogens is 260 g/mol. The summed E-state index contributed by atoms with van der Waals surface area (Å²) in [4.78, 5) is 4.61. The van der Waals surface area contributed by atoms with Gasteiger partial charge in [0, 0.05) is 11.3 Å². The predicted molar refractivity (Wildman–Crippen MR) is 87.2 cm³/mol. The molecule has 0 spiro atoms. The minimum Gasteiger partial charge on any atom is -0.436 e. The van der Waals surface area contributed by atoms with Gasteiger partial charge in [-0.2, -0.15) is 0 Å². The molecule has 3 rings (SSSR count). The molecule has 3 heteroatoms. The Kier molecular flexibility index (Phi) is 3.65. The molecule has 1 atom stereocenters. The number of hydrogen-bond acceptors (Lipinski definition) is 3. The van der Waals surface area contributed by atoms with E-state index in [9.17, 15) is 0 Å². The normalized spacial score (nSPS) is 12.7. The maximum Gasteiger partial charge on any atom is 0.227 e. The van der Waals surface area contributed by atoms with Crippen molar-refractivity contribution in [2.45, 2.75) is 32.6 Å². The van der Waals surface area contributed by atoms with Crippen molar-refractivity contribution in [3.05, 3.63) is 48.0 Å². The van der Waals surface area contributed by atoms with Crippen LogP contribution in [0.1, 0.15) is 38.2 Å². The Morgan fingerprint density at radius 3 is 2.81 bits per heavy atom. The van der Waals surface area contributed by atoms with Crippen LogP contribution in [0.4, 0.5) is 5.69 Å². The molecule has 1 heterocycles. The fraction of sp³-hybridized carbons (Fsp3) is 0.278. The molecule has 0 saturated heterocycles. The van der Waals surface area contributed by atoms with Crippen LogP contribution >= 0.6 is 0 Å². The molecule has 0 aliphatic carbocycles. The van der Waals surface area contributed by atoms with Gasteiger partial charge in [0.1, 0.15) is 5.52 Å². The van der Waals surface area contributed by atoms with Gasteiger partial charge in [-0.25, -0.2) is 4.98 Å². The second-order valence-corrected chi connectivity index (χ2v) is 5.56. The lowest BCUT2D eigenvalue weighted by Crippen LogP contribution is -1.92. The van der Waals surface area contributed by atoms with E-state index < -0.39 is 0 Å². The van der Waals surface area contributed by atoms with E-state index in [1.165, 1.54) is 18.4 Å². The number of oxazole rings is 1. The molecule has 0 amide bonds. The van der Waals surface area contributed by atoms with Gasteiger partial charge < -0.3 is 10.2 Å². The summed E-state index contributed by atoms with van der Waals surface area (Å²) in [5.41, 5.74) is 10.5. The molecule has 3 nitrogen and oxygen atoms in total. The van der Waals surface area contributed by atoms with Crippen molar-refractivity contribution in [3.63, 3.8) is 0 Å². The van der Waals surface area contributed by atoms with Crippen LogP contribution in [0.15, 0.2) is 46.9 Å². The second kappa shape index (κ2) is 5.60. The number of hydrogen-bond donors (Lipinski definition) is 1. The van der Waals surface area contributed by atoms with Gasteiger partial charge in [0.2, 0.25) is 5.89 Å². The molecule has 3 aromatic rings. The summed E-state index contributed by atoms with van der Waals surface area (Å²) in [6.45, 7) is 4.46. The summed E-state index contributed by atoms with van der Waals surface area (Å²) in [7, 11) is 0. The molecule has 0 bridgehead atoms. The maximum atomic E-state index is 5.84. The van der Waals surface area contributed by atoms with Gasteiger partial charge in [-0.1, -0.05) is 32.4 Å². The van der Waals surface area contributed by atoms with Crippen molar-refractivity contribution >= 4 is 16.8 Å². The zero-order valence-corrected chi connectivity index (χ0v) is 12.5. The van der Waals surface area contributed by atoms with E-state index in [0.29, 0.717) is 17.5 Å². The van der Waals surface area contributed by atoms with Crippen LogP contribution < -0.4 is 5.73 Å². The van der Waals surface area contributed by atoms with Gasteiger partial charge in [-0.3, -0.25) is 0 Å². The summed E-state index contributed by atoms with van der Waals surface area (Å²) in [6.07, 6.45) is 2.37. The second-order valence-electron chi connectivity index (χ2n) is 5.56. The first-order valence-electron chi connectivity index (χ1n) is 7.43. The van der Waals surface area contributed by atoms with Crippen molar-refractivity contribution < 1.29 is 4.42 Å². The van der Waals surface area contributed by atoms with Gasteiger partial charge >= 0.3 is 0 Å². The topological polar surface area (TPSA) is 52.0 Å². The van der Waals surface area contributed by atoms with Crippen LogP contribution in [0.5, 0.6) is 0 Å². The summed E-state index contributed by atoms with van der Waals surface area (Å²) in [5.74, 6) is 1.17. The molecule has 108 valence electrons. The van der Waals surface area contributed by atoms with E-state index in [-0.39, 0.29) is 0 Å². The predicted octanol–water partition coefficient (Wildman–Crippen LogP) is 4.98. The Balaban J connectivity index is 2.00. The van der Waals surface area contributed by atoms with Gasteiger partial charge in [0.05, 0.1) is 0 Å². The van der Waals surface area contributed by atoms with Gasteiger partial charge in [-0.15, -0.1) is 0 Å². The van der Waals surface area contributed by atoms with Crippen molar-refractivity contribution in [1.82, 2.24) is 4.98 Å². The molecule has 0 aliphatic heterocycles. The number of nitrogen functional groups attached to an aromatic ring is 1. The summed E-state index contributed by atoms with van der Waals surface area (Å²) in [5, 5.41) is 0. The third kappa shape index (κ3) is 2.77. The maximum absolute atomic E-state index is 5.84. The average molecular weight is 280 g/mol. The van der Waals surface area contributed by atoms with Crippen LogP contribution in [-0.2, 0) is 0 Å². The third-order valence-corrected chi connectivity index (χ3v) is 3.84. The first kappa shape index (κ1) is 13.7. The zero-order valence-electron chi connectivity index (χ0n) is 12.5. The average Bonchev–Trinajstić information content (AvgIpc) is 2.90. The molecule has 0 saturated carbocycles. The van der Waals surface area contributed by atoms with E-state index >= 15 is 0 Å². The first-order chi connectivity index (χ1) is 10.2. The molecule has 2 aromatic carbocycles. The fourth-order valence-corrected chi connectivity index (χ4v) is 2.65. The Hall–Kier alpha value is -2.29. The number of fused-ring (bicyclic) bond motifs is 1. The molecule has 2 N–H and O–H groups in total. The minimum absolute atomic E-state index is 0.548. The summed E-state index contributed by atoms with van der Waals surface area (Å²) >= 11 is 0. The number of aromatic nitrogens is 1. The molecule has 21 heavy (non-hydrogen) atoms. The number of benzene rings is 2. The van der Waals surface area contributed by atoms with Crippen LogP contribution in [0, 0.1) is 0 Å². The lowest BCUT2D eigenvalue weighted by Gasteiger charge is -2.09. The third-order valence-electron chi connectivity index (χ3n) is 3.84. The van der Waals surface area contributed by atoms with Crippen molar-refractivity contribution in [2.75, 3.05) is 5.73 Å². The lowest BCUT2D eigenvalue weighted by molar-refractivity contribution is 0.619. The smallest absolute Gasteiger partial charge is 0.227 e. The largest absolute Gasteiger partial charge is 0.436 e. The summed E-state index contributed by atoms with van der Waals surface area (Å²) < 4.78 is 5.84. The number of rotatable bonds is 4. The Labute approximate surface area is 124 Å². The summed E-state index contributed by atoms with van der Waals surface area (Å²) in [6, 6.07) is 13.9. The Morgan fingerprint density at radius 1 is 1.19 bits per heavy atom. The quantitative estimate of drug-likeness (QED) is 0.686. The number of anilines is 1. The highest BCUT2D eigenvalue weighted by Crippen LogP contribution is 2.28. The number of nitrogens with two attached hydrogens (primary N) is 1. The standard InChI is InChI=1S/C18H20N2O/c1-3-5-12(2)13-8-9-17-16(11-13)20-18(21-17)14-6-4-7-15(19)10-14/h4,6-12H,3,5,19H2,1-2H3/t12-/m1/s1. The molecule has 0 aliphatic rings. The van der Waals surface area contributed by atoms with E-state index in [2.05, 4.69) is 31.0 Å². The van der Waals surface area contributed by atoms with E-state index in [1.54, 1.807) is 0 Å². The molecular formula is C18H20N2O. The molecule has 0 fully saturated rings. The lowest BCUT2D eigenvalue weighted by atomic mass is 9.96. The highest BCUT2D eigenvalue weighted by atomic mass is 16.3. The fourth-order valence-electron chi connectivity index (χ4n) is 2.65. The zero-order chi connectivity index (χ0) is 14.8. The highest BCUT2D eigenvalue weighted by Gasteiger charge is 2.11. The number of nitrogens with zero attached hydrogens (tertiary/aromatic N) is 1. The SMILES string of the molecule is CCC[C@@H](C)c1ccc2oc(-c3cccc(N)c3)nc2c1.